The van der Waals surface area contributed by atoms with Crippen molar-refractivity contribution in [3.05, 3.63) is 23.3 Å². The maximum absolute atomic E-state index is 11.1. The average Bonchev–Trinajstić information content (AvgIpc) is 2.67. The third kappa shape index (κ3) is 4.51. The Morgan fingerprint density at radius 1 is 1.40 bits per heavy atom. The van der Waals surface area contributed by atoms with Gasteiger partial charge in [0.1, 0.15) is 5.82 Å². The van der Waals surface area contributed by atoms with E-state index < -0.39 is 12.0 Å². The zero-order valence-electron chi connectivity index (χ0n) is 11.8. The van der Waals surface area contributed by atoms with Gasteiger partial charge in [-0.25, -0.2) is 4.98 Å². The molecule has 1 aromatic heterocycles. The van der Waals surface area contributed by atoms with Crippen molar-refractivity contribution in [2.75, 3.05) is 6.54 Å². The van der Waals surface area contributed by atoms with Crippen LogP contribution in [0.4, 0.5) is 0 Å². The minimum atomic E-state index is -0.881. The molecule has 0 spiro atoms. The lowest BCUT2D eigenvalue weighted by atomic mass is 9.96. The molecule has 1 aliphatic rings. The van der Waals surface area contributed by atoms with E-state index in [4.69, 9.17) is 5.11 Å². The van der Waals surface area contributed by atoms with Crippen LogP contribution >= 0.6 is 24.8 Å². The molecule has 2 heterocycles. The van der Waals surface area contributed by atoms with Gasteiger partial charge in [0, 0.05) is 18.7 Å². The second kappa shape index (κ2) is 7.11. The molecule has 0 saturated heterocycles. The zero-order chi connectivity index (χ0) is 13.3. The summed E-state index contributed by atoms with van der Waals surface area (Å²) in [4.78, 5) is 18.7. The molecule has 5 nitrogen and oxygen atoms in total. The molecule has 0 aromatic carbocycles. The number of allylic oxidation sites excluding steroid dienone is 1. The SMILES string of the molecule is CC(C)(C)/C=C/c1nc2c([nH]1)CCNC2C(=O)O.Cl.Cl. The highest BCUT2D eigenvalue weighted by Gasteiger charge is 2.28. The Hall–Kier alpha value is -1.04. The Kier molecular flexibility index (Phi) is 6.74. The number of nitrogens with one attached hydrogen (secondary N) is 2. The van der Waals surface area contributed by atoms with Crippen molar-refractivity contribution in [3.8, 4) is 0 Å². The molecular weight excluding hydrogens is 301 g/mol. The molecule has 0 bridgehead atoms. The van der Waals surface area contributed by atoms with Gasteiger partial charge in [-0.2, -0.15) is 0 Å². The van der Waals surface area contributed by atoms with Crippen LogP contribution in [0.25, 0.3) is 6.08 Å². The van der Waals surface area contributed by atoms with Crippen LogP contribution in [0.15, 0.2) is 6.08 Å². The van der Waals surface area contributed by atoms with Gasteiger partial charge in [-0.1, -0.05) is 26.8 Å². The number of imidazole rings is 1. The normalized spacial score (nSPS) is 18.1. The molecule has 20 heavy (non-hydrogen) atoms. The highest BCUT2D eigenvalue weighted by Crippen LogP contribution is 2.22. The minimum absolute atomic E-state index is 0. The van der Waals surface area contributed by atoms with Crippen LogP contribution in [0, 0.1) is 5.41 Å². The second-order valence-electron chi connectivity index (χ2n) is 5.66. The number of carboxylic acid groups (broad SMARTS) is 1. The van der Waals surface area contributed by atoms with Gasteiger partial charge >= 0.3 is 5.97 Å². The molecule has 1 aliphatic heterocycles. The van der Waals surface area contributed by atoms with E-state index in [2.05, 4.69) is 42.1 Å². The first-order valence-electron chi connectivity index (χ1n) is 6.11. The second-order valence-corrected chi connectivity index (χ2v) is 5.66. The Morgan fingerprint density at radius 3 is 2.60 bits per heavy atom. The Morgan fingerprint density at radius 2 is 2.05 bits per heavy atom. The molecule has 1 aromatic rings. The summed E-state index contributed by atoms with van der Waals surface area (Å²) < 4.78 is 0. The summed E-state index contributed by atoms with van der Waals surface area (Å²) >= 11 is 0. The van der Waals surface area contributed by atoms with Crippen molar-refractivity contribution in [2.24, 2.45) is 5.41 Å². The molecule has 0 aliphatic carbocycles. The number of aliphatic carboxylic acids is 1. The highest BCUT2D eigenvalue weighted by molar-refractivity contribution is 5.85. The number of carbonyl (C=O) groups is 1. The molecule has 7 heteroatoms. The summed E-state index contributed by atoms with van der Waals surface area (Å²) in [7, 11) is 0. The van der Waals surface area contributed by atoms with Crippen LogP contribution in [0.1, 0.15) is 44.0 Å². The lowest BCUT2D eigenvalue weighted by Gasteiger charge is -2.18. The molecule has 0 amide bonds. The monoisotopic (exact) mass is 321 g/mol. The molecule has 2 rings (SSSR count). The van der Waals surface area contributed by atoms with Gasteiger partial charge in [0.2, 0.25) is 0 Å². The van der Waals surface area contributed by atoms with E-state index in [1.807, 2.05) is 6.08 Å². The fourth-order valence-corrected chi connectivity index (χ4v) is 1.92. The number of halogens is 2. The van der Waals surface area contributed by atoms with E-state index in [0.717, 1.165) is 17.9 Å². The quantitative estimate of drug-likeness (QED) is 0.782. The van der Waals surface area contributed by atoms with Gasteiger partial charge in [0.25, 0.3) is 0 Å². The molecule has 1 atom stereocenters. The Bertz CT molecular complexity index is 492. The largest absolute Gasteiger partial charge is 0.480 e. The minimum Gasteiger partial charge on any atom is -0.480 e. The predicted octanol–water partition coefficient (Wildman–Crippen LogP) is 2.58. The van der Waals surface area contributed by atoms with E-state index in [1.54, 1.807) is 0 Å². The standard InChI is InChI=1S/C13H19N3O2.2ClH/c1-13(2,3)6-4-9-15-8-5-7-14-11(12(17)18)10(8)16-9;;/h4,6,11,14H,5,7H2,1-3H3,(H,15,16)(H,17,18);2*1H/b6-4+;;. The molecule has 0 saturated carbocycles. The number of aromatic amines is 1. The predicted molar refractivity (Wildman–Crippen MR) is 83.7 cm³/mol. The maximum atomic E-state index is 11.1. The fourth-order valence-electron chi connectivity index (χ4n) is 1.92. The van der Waals surface area contributed by atoms with Crippen LogP contribution in [0.2, 0.25) is 0 Å². The number of hydrogen-bond acceptors (Lipinski definition) is 3. The van der Waals surface area contributed by atoms with Gasteiger partial charge in [0.15, 0.2) is 6.04 Å². The third-order valence-corrected chi connectivity index (χ3v) is 2.81. The highest BCUT2D eigenvalue weighted by atomic mass is 35.5. The molecule has 1 unspecified atom stereocenters. The van der Waals surface area contributed by atoms with Gasteiger partial charge in [-0.05, 0) is 11.5 Å². The van der Waals surface area contributed by atoms with E-state index in [-0.39, 0.29) is 30.2 Å². The first-order valence-corrected chi connectivity index (χ1v) is 6.11. The summed E-state index contributed by atoms with van der Waals surface area (Å²) in [5.41, 5.74) is 1.62. The maximum Gasteiger partial charge on any atom is 0.327 e. The number of fused-ring (bicyclic) bond motifs is 1. The van der Waals surface area contributed by atoms with Crippen molar-refractivity contribution < 1.29 is 9.90 Å². The van der Waals surface area contributed by atoms with Gasteiger partial charge < -0.3 is 10.1 Å². The van der Waals surface area contributed by atoms with Gasteiger partial charge in [0.05, 0.1) is 5.69 Å². The molecular formula is C13H21Cl2N3O2. The summed E-state index contributed by atoms with van der Waals surface area (Å²) in [5, 5.41) is 12.1. The van der Waals surface area contributed by atoms with E-state index in [1.165, 1.54) is 0 Å². The van der Waals surface area contributed by atoms with Crippen LogP contribution in [0.3, 0.4) is 0 Å². The van der Waals surface area contributed by atoms with Gasteiger partial charge in [-0.15, -0.1) is 24.8 Å². The average molecular weight is 322 g/mol. The molecule has 0 fully saturated rings. The van der Waals surface area contributed by atoms with Gasteiger partial charge in [-0.3, -0.25) is 10.1 Å². The Labute approximate surface area is 131 Å². The van der Waals surface area contributed by atoms with Crippen LogP contribution in [-0.2, 0) is 11.2 Å². The van der Waals surface area contributed by atoms with Crippen LogP contribution in [-0.4, -0.2) is 27.6 Å². The van der Waals surface area contributed by atoms with Crippen LogP contribution in [0.5, 0.6) is 0 Å². The first kappa shape index (κ1) is 19.0. The topological polar surface area (TPSA) is 78.0 Å². The van der Waals surface area contributed by atoms with E-state index in [9.17, 15) is 4.79 Å². The summed E-state index contributed by atoms with van der Waals surface area (Å²) in [6, 6.07) is -0.693. The van der Waals surface area contributed by atoms with Crippen molar-refractivity contribution in [1.29, 1.82) is 0 Å². The smallest absolute Gasteiger partial charge is 0.327 e. The lowest BCUT2D eigenvalue weighted by molar-refractivity contribution is -0.139. The lowest BCUT2D eigenvalue weighted by Crippen LogP contribution is -2.35. The third-order valence-electron chi connectivity index (χ3n) is 2.81. The van der Waals surface area contributed by atoms with Crippen molar-refractivity contribution >= 4 is 36.9 Å². The van der Waals surface area contributed by atoms with Crippen molar-refractivity contribution in [3.63, 3.8) is 0 Å². The number of H-pyrrole nitrogens is 1. The fraction of sp³-hybridized carbons (Fsp3) is 0.538. The zero-order valence-corrected chi connectivity index (χ0v) is 13.4. The number of rotatable bonds is 2. The number of aromatic nitrogens is 2. The van der Waals surface area contributed by atoms with Crippen LogP contribution < -0.4 is 5.32 Å². The number of nitrogens with zero attached hydrogens (tertiary/aromatic N) is 1. The van der Waals surface area contributed by atoms with Crippen molar-refractivity contribution in [2.45, 2.75) is 33.2 Å². The molecule has 114 valence electrons. The number of hydrogen-bond donors (Lipinski definition) is 3. The molecule has 0 radical (unpaired) electrons. The van der Waals surface area contributed by atoms with E-state index >= 15 is 0 Å². The first-order chi connectivity index (χ1) is 8.37. The van der Waals surface area contributed by atoms with Crippen molar-refractivity contribution in [1.82, 2.24) is 15.3 Å². The summed E-state index contributed by atoms with van der Waals surface area (Å²) in [5.74, 6) is -0.154. The number of carboxylic acids is 1. The van der Waals surface area contributed by atoms with E-state index in [0.29, 0.717) is 12.2 Å². The summed E-state index contributed by atoms with van der Waals surface area (Å²) in [6.07, 6.45) is 4.76. The summed E-state index contributed by atoms with van der Waals surface area (Å²) in [6.45, 7) is 6.98. The molecule has 3 N–H and O–H groups in total. The Balaban J connectivity index is 0.00000180.